The molecule has 0 saturated heterocycles. The summed E-state index contributed by atoms with van der Waals surface area (Å²) in [5, 5.41) is 3.47. The van der Waals surface area contributed by atoms with Crippen LogP contribution in [0, 0.1) is 0 Å². The van der Waals surface area contributed by atoms with Crippen LogP contribution in [-0.2, 0) is 16.7 Å². The molecule has 0 saturated carbocycles. The smallest absolute Gasteiger partial charge is 0.744 e. The number of anilines is 2. The Morgan fingerprint density at radius 3 is 2.09 bits per heavy atom. The Bertz CT molecular complexity index is 938. The normalized spacial score (nSPS) is 15.1. The van der Waals surface area contributed by atoms with Gasteiger partial charge in [0, 0.05) is 6.54 Å². The van der Waals surface area contributed by atoms with Crippen LogP contribution in [0.3, 0.4) is 0 Å². The van der Waals surface area contributed by atoms with Crippen molar-refractivity contribution in [3.05, 3.63) is 54.1 Å². The number of unbranched alkanes of at least 4 members (excludes halogenated alkanes) is 9. The molecule has 0 bridgehead atoms. The van der Waals surface area contributed by atoms with Crippen molar-refractivity contribution in [3.8, 4) is 0 Å². The number of nitrogens with zero attached hydrogens (tertiary/aromatic N) is 1. The third-order valence-electron chi connectivity index (χ3n) is 6.29. The van der Waals surface area contributed by atoms with Gasteiger partial charge in [0.1, 0.15) is 10.1 Å². The summed E-state index contributed by atoms with van der Waals surface area (Å²) in [6, 6.07) is 14.9. The predicted octanol–water partition coefficient (Wildman–Crippen LogP) is 3.66. The molecule has 1 heterocycles. The summed E-state index contributed by atoms with van der Waals surface area (Å²) in [5.74, 6) is 0. The summed E-state index contributed by atoms with van der Waals surface area (Å²) in [4.78, 5) is 2.11. The van der Waals surface area contributed by atoms with E-state index in [9.17, 15) is 13.0 Å². The maximum Gasteiger partial charge on any atom is 1.00 e. The molecule has 0 spiro atoms. The van der Waals surface area contributed by atoms with E-state index in [0.717, 1.165) is 30.8 Å². The second-order valence-electron chi connectivity index (χ2n) is 8.88. The molecule has 176 valence electrons. The maximum absolute atomic E-state index is 11.5. The predicted molar refractivity (Wildman–Crippen MR) is 131 cm³/mol. The fourth-order valence-electron chi connectivity index (χ4n) is 4.49. The van der Waals surface area contributed by atoms with Crippen molar-refractivity contribution in [2.45, 2.75) is 95.2 Å². The van der Waals surface area contributed by atoms with Gasteiger partial charge in [0.25, 0.3) is 0 Å². The summed E-state index contributed by atoms with van der Waals surface area (Å²) in [7, 11) is -4.46. The van der Waals surface area contributed by atoms with Crippen LogP contribution < -0.4 is 61.6 Å². The molecule has 5 nitrogen and oxygen atoms in total. The third kappa shape index (κ3) is 9.28. The van der Waals surface area contributed by atoms with Gasteiger partial charge >= 0.3 is 51.4 Å². The molecule has 33 heavy (non-hydrogen) atoms. The van der Waals surface area contributed by atoms with Crippen LogP contribution in [-0.4, -0.2) is 19.1 Å². The van der Waals surface area contributed by atoms with Crippen molar-refractivity contribution in [2.24, 2.45) is 0 Å². The number of hydrogen-bond acceptors (Lipinski definition) is 5. The van der Waals surface area contributed by atoms with Crippen molar-refractivity contribution in [2.75, 3.05) is 10.2 Å². The Morgan fingerprint density at radius 2 is 1.48 bits per heavy atom. The molecule has 3 rings (SSSR count). The Kier molecular flexibility index (Phi) is 13.0. The first-order chi connectivity index (χ1) is 15.5. The number of benzene rings is 2. The minimum absolute atomic E-state index is 0. The molecule has 1 atom stereocenters. The van der Waals surface area contributed by atoms with Gasteiger partial charge in [0.15, 0.2) is 0 Å². The van der Waals surface area contributed by atoms with E-state index >= 15 is 0 Å². The minimum Gasteiger partial charge on any atom is -0.744 e. The minimum atomic E-state index is -4.46. The zero-order chi connectivity index (χ0) is 22.8. The van der Waals surface area contributed by atoms with Crippen LogP contribution >= 0.6 is 0 Å². The molecule has 2 aromatic rings. The first-order valence-electron chi connectivity index (χ1n) is 12.2. The van der Waals surface area contributed by atoms with E-state index in [1.165, 1.54) is 75.5 Å². The molecule has 1 unspecified atom stereocenters. The van der Waals surface area contributed by atoms with Crippen LogP contribution in [0.4, 0.5) is 11.4 Å². The van der Waals surface area contributed by atoms with Crippen molar-refractivity contribution >= 4 is 21.5 Å². The van der Waals surface area contributed by atoms with Gasteiger partial charge in [0.2, 0.25) is 0 Å². The Balaban J connectivity index is 0.00000385. The number of nitrogens with one attached hydrogen (secondary N) is 1. The molecule has 1 aliphatic rings. The van der Waals surface area contributed by atoms with E-state index in [2.05, 4.69) is 29.3 Å². The van der Waals surface area contributed by atoms with Crippen molar-refractivity contribution < 1.29 is 64.4 Å². The molecule has 1 N–H and O–H groups in total. The van der Waals surface area contributed by atoms with Gasteiger partial charge in [-0.25, -0.2) is 8.42 Å². The van der Waals surface area contributed by atoms with E-state index in [1.54, 1.807) is 6.07 Å². The van der Waals surface area contributed by atoms with Crippen molar-refractivity contribution in [3.63, 3.8) is 0 Å². The third-order valence-corrected chi connectivity index (χ3v) is 7.12. The van der Waals surface area contributed by atoms with Gasteiger partial charge in [-0.15, -0.1) is 0 Å². The Labute approximate surface area is 242 Å². The number of fused-ring (bicyclic) bond motifs is 1. The average Bonchev–Trinajstić information content (AvgIpc) is 3.11. The molecule has 1 aliphatic heterocycles. The van der Waals surface area contributed by atoms with Gasteiger partial charge < -0.3 is 14.8 Å². The summed E-state index contributed by atoms with van der Waals surface area (Å²) < 4.78 is 34.4. The molecule has 0 aromatic heterocycles. The van der Waals surface area contributed by atoms with E-state index in [-0.39, 0.29) is 62.4 Å². The fraction of sp³-hybridized carbons (Fsp3) is 0.538. The summed E-state index contributed by atoms with van der Waals surface area (Å²) >= 11 is 0. The standard InChI is InChI=1S/C26H38N2O3S.K/c1-2-3-4-5-6-7-8-9-10-14-17-26-27-24-20-23(32(29,30)31)18-19-25(24)28(26)21-22-15-12-11-13-16-22;/h11-13,15-16,18-20,26-27H,2-10,14,17,21H2,1H3,(H,29,30,31);/q;+1/p-1. The molecule has 7 heteroatoms. The quantitative estimate of drug-likeness (QED) is 0.245. The molecular formula is C26H37KN2O3S. The molecule has 0 fully saturated rings. The van der Waals surface area contributed by atoms with Crippen LogP contribution in [0.1, 0.15) is 83.1 Å². The second-order valence-corrected chi connectivity index (χ2v) is 10.3. The van der Waals surface area contributed by atoms with Crippen LogP contribution in [0.2, 0.25) is 0 Å². The van der Waals surface area contributed by atoms with Gasteiger partial charge in [0.05, 0.1) is 22.4 Å². The Morgan fingerprint density at radius 1 is 0.879 bits per heavy atom. The fourth-order valence-corrected chi connectivity index (χ4v) is 4.99. The molecular weight excluding hydrogens is 459 g/mol. The molecule has 0 amide bonds. The van der Waals surface area contributed by atoms with E-state index in [0.29, 0.717) is 0 Å². The van der Waals surface area contributed by atoms with Crippen LogP contribution in [0.15, 0.2) is 53.4 Å². The maximum atomic E-state index is 11.5. The molecule has 0 radical (unpaired) electrons. The van der Waals surface area contributed by atoms with Gasteiger partial charge in [-0.1, -0.05) is 95.0 Å². The first-order valence-corrected chi connectivity index (χ1v) is 13.6. The van der Waals surface area contributed by atoms with Crippen molar-refractivity contribution in [1.82, 2.24) is 0 Å². The summed E-state index contributed by atoms with van der Waals surface area (Å²) in [5.41, 5.74) is 2.89. The van der Waals surface area contributed by atoms with Crippen LogP contribution in [0.25, 0.3) is 0 Å². The van der Waals surface area contributed by atoms with Crippen LogP contribution in [0.5, 0.6) is 0 Å². The zero-order valence-electron chi connectivity index (χ0n) is 20.3. The van der Waals surface area contributed by atoms with Gasteiger partial charge in [-0.05, 0) is 36.6 Å². The Hall–Kier alpha value is -0.414. The topological polar surface area (TPSA) is 72.5 Å². The SMILES string of the molecule is CCCCCCCCCCCCC1Nc2cc(S(=O)(=O)[O-])ccc2N1Cc1ccccc1.[K+]. The zero-order valence-corrected chi connectivity index (χ0v) is 24.2. The average molecular weight is 497 g/mol. The summed E-state index contributed by atoms with van der Waals surface area (Å²) in [6.07, 6.45) is 14.1. The van der Waals surface area contributed by atoms with Crippen molar-refractivity contribution in [1.29, 1.82) is 0 Å². The number of rotatable bonds is 14. The molecule has 2 aromatic carbocycles. The monoisotopic (exact) mass is 496 g/mol. The first kappa shape index (κ1) is 28.8. The van der Waals surface area contributed by atoms with Gasteiger partial charge in [-0.2, -0.15) is 0 Å². The van der Waals surface area contributed by atoms with E-state index < -0.39 is 10.1 Å². The number of hydrogen-bond donors (Lipinski definition) is 1. The summed E-state index contributed by atoms with van der Waals surface area (Å²) in [6.45, 7) is 3.00. The second kappa shape index (κ2) is 14.9. The molecule has 0 aliphatic carbocycles. The largest absolute Gasteiger partial charge is 1.00 e. The van der Waals surface area contributed by atoms with E-state index in [1.807, 2.05) is 18.2 Å². The van der Waals surface area contributed by atoms with Gasteiger partial charge in [-0.3, -0.25) is 0 Å². The van der Waals surface area contributed by atoms with E-state index in [4.69, 9.17) is 0 Å².